The van der Waals surface area contributed by atoms with Crippen molar-refractivity contribution in [2.75, 3.05) is 26.3 Å². The lowest BCUT2D eigenvalue weighted by atomic mass is 9.76. The molecule has 2 amide bonds. The highest BCUT2D eigenvalue weighted by molar-refractivity contribution is 5.79. The molecule has 3 heterocycles. The van der Waals surface area contributed by atoms with Gasteiger partial charge >= 0.3 is 0 Å². The Balaban J connectivity index is 1.44. The maximum absolute atomic E-state index is 12.9. The van der Waals surface area contributed by atoms with Gasteiger partial charge in [0.05, 0.1) is 0 Å². The average Bonchev–Trinajstić information content (AvgIpc) is 2.74. The SMILES string of the molecule is CC(C)NC(=O)CC1CC2(CCN(C(=O)C3CCOCC3)CC2)Oc2ccccc21. The summed E-state index contributed by atoms with van der Waals surface area (Å²) in [5, 5.41) is 3.03. The Kier molecular flexibility index (Phi) is 6.32. The Hall–Kier alpha value is -2.08. The summed E-state index contributed by atoms with van der Waals surface area (Å²) in [6.45, 7) is 6.81. The molecule has 1 atom stereocenters. The quantitative estimate of drug-likeness (QED) is 0.821. The number of carbonyl (C=O) groups is 2. The van der Waals surface area contributed by atoms with Crippen molar-refractivity contribution in [1.82, 2.24) is 10.2 Å². The van der Waals surface area contributed by atoms with E-state index in [2.05, 4.69) is 11.4 Å². The molecule has 6 nitrogen and oxygen atoms in total. The van der Waals surface area contributed by atoms with Gasteiger partial charge in [0, 0.05) is 63.4 Å². The molecule has 1 N–H and O–H groups in total. The molecule has 1 aromatic rings. The summed E-state index contributed by atoms with van der Waals surface area (Å²) >= 11 is 0. The highest BCUT2D eigenvalue weighted by Crippen LogP contribution is 2.46. The zero-order valence-corrected chi connectivity index (χ0v) is 18.2. The number of nitrogens with one attached hydrogen (secondary N) is 1. The first-order valence-electron chi connectivity index (χ1n) is 11.4. The molecule has 0 aromatic heterocycles. The predicted octanol–water partition coefficient (Wildman–Crippen LogP) is 3.26. The molecule has 4 rings (SSSR count). The number of amides is 2. The number of hydrogen-bond acceptors (Lipinski definition) is 4. The minimum Gasteiger partial charge on any atom is -0.487 e. The first-order chi connectivity index (χ1) is 14.5. The van der Waals surface area contributed by atoms with Crippen molar-refractivity contribution in [3.05, 3.63) is 29.8 Å². The summed E-state index contributed by atoms with van der Waals surface area (Å²) in [4.78, 5) is 27.4. The van der Waals surface area contributed by atoms with E-state index in [1.807, 2.05) is 36.9 Å². The van der Waals surface area contributed by atoms with Crippen LogP contribution in [0.4, 0.5) is 0 Å². The van der Waals surface area contributed by atoms with Gasteiger partial charge in [-0.05, 0) is 44.7 Å². The highest BCUT2D eigenvalue weighted by Gasteiger charge is 2.44. The zero-order valence-electron chi connectivity index (χ0n) is 18.2. The maximum Gasteiger partial charge on any atom is 0.225 e. The van der Waals surface area contributed by atoms with Crippen LogP contribution in [0.2, 0.25) is 0 Å². The number of carbonyl (C=O) groups excluding carboxylic acids is 2. The number of hydrogen-bond donors (Lipinski definition) is 1. The molecule has 1 spiro atoms. The Bertz CT molecular complexity index is 764. The van der Waals surface area contributed by atoms with Gasteiger partial charge in [-0.25, -0.2) is 0 Å². The summed E-state index contributed by atoms with van der Waals surface area (Å²) in [6, 6.07) is 8.25. The number of benzene rings is 1. The Morgan fingerprint density at radius 1 is 1.17 bits per heavy atom. The van der Waals surface area contributed by atoms with Crippen LogP contribution in [0.15, 0.2) is 24.3 Å². The van der Waals surface area contributed by atoms with E-state index in [0.717, 1.165) is 56.5 Å². The van der Waals surface area contributed by atoms with E-state index in [1.165, 1.54) is 0 Å². The van der Waals surface area contributed by atoms with Crippen LogP contribution in [-0.2, 0) is 14.3 Å². The zero-order chi connectivity index (χ0) is 21.1. The van der Waals surface area contributed by atoms with Crippen LogP contribution < -0.4 is 10.1 Å². The number of likely N-dealkylation sites (tertiary alicyclic amines) is 1. The van der Waals surface area contributed by atoms with E-state index in [0.29, 0.717) is 19.6 Å². The summed E-state index contributed by atoms with van der Waals surface area (Å²) in [7, 11) is 0. The molecule has 2 saturated heterocycles. The van der Waals surface area contributed by atoms with E-state index < -0.39 is 0 Å². The topological polar surface area (TPSA) is 67.9 Å². The van der Waals surface area contributed by atoms with Gasteiger partial charge in [-0.2, -0.15) is 0 Å². The number of nitrogens with zero attached hydrogens (tertiary/aromatic N) is 1. The van der Waals surface area contributed by atoms with E-state index >= 15 is 0 Å². The fourth-order valence-corrected chi connectivity index (χ4v) is 5.18. The molecule has 0 radical (unpaired) electrons. The molecule has 3 aliphatic heterocycles. The third-order valence-electron chi connectivity index (χ3n) is 6.74. The minimum atomic E-state index is -0.288. The second-order valence-corrected chi connectivity index (χ2v) is 9.36. The second-order valence-electron chi connectivity index (χ2n) is 9.36. The van der Waals surface area contributed by atoms with Crippen molar-refractivity contribution in [3.8, 4) is 5.75 Å². The van der Waals surface area contributed by atoms with Gasteiger partial charge in [0.1, 0.15) is 11.4 Å². The Labute approximate surface area is 179 Å². The molecule has 0 saturated carbocycles. The van der Waals surface area contributed by atoms with Gasteiger partial charge in [-0.3, -0.25) is 9.59 Å². The number of ether oxygens (including phenoxy) is 2. The van der Waals surface area contributed by atoms with Crippen LogP contribution in [-0.4, -0.2) is 54.7 Å². The third kappa shape index (κ3) is 4.64. The number of fused-ring (bicyclic) bond motifs is 1. The molecule has 2 fully saturated rings. The molecular formula is C24H34N2O4. The van der Waals surface area contributed by atoms with E-state index in [4.69, 9.17) is 9.47 Å². The molecule has 6 heteroatoms. The van der Waals surface area contributed by atoms with Gasteiger partial charge in [0.2, 0.25) is 11.8 Å². The average molecular weight is 415 g/mol. The number of rotatable bonds is 4. The lowest BCUT2D eigenvalue weighted by Crippen LogP contribution is -2.53. The molecule has 1 aromatic carbocycles. The van der Waals surface area contributed by atoms with Crippen molar-refractivity contribution >= 4 is 11.8 Å². The standard InChI is InChI=1S/C24H34N2O4/c1-17(2)25-22(27)15-19-16-24(30-21-6-4-3-5-20(19)21)9-11-26(12-10-24)23(28)18-7-13-29-14-8-18/h3-6,17-19H,7-16H2,1-2H3,(H,25,27). The summed E-state index contributed by atoms with van der Waals surface area (Å²) in [6.07, 6.45) is 4.60. The van der Waals surface area contributed by atoms with Crippen LogP contribution in [0.1, 0.15) is 63.9 Å². The van der Waals surface area contributed by atoms with Gasteiger partial charge in [0.25, 0.3) is 0 Å². The van der Waals surface area contributed by atoms with Crippen LogP contribution in [0, 0.1) is 5.92 Å². The predicted molar refractivity (Wildman–Crippen MR) is 114 cm³/mol. The molecular weight excluding hydrogens is 380 g/mol. The van der Waals surface area contributed by atoms with Gasteiger partial charge in [-0.15, -0.1) is 0 Å². The van der Waals surface area contributed by atoms with E-state index in [-0.39, 0.29) is 35.3 Å². The number of piperidine rings is 1. The smallest absolute Gasteiger partial charge is 0.225 e. The molecule has 0 aliphatic carbocycles. The van der Waals surface area contributed by atoms with Crippen LogP contribution >= 0.6 is 0 Å². The van der Waals surface area contributed by atoms with E-state index in [1.54, 1.807) is 0 Å². The fourth-order valence-electron chi connectivity index (χ4n) is 5.18. The third-order valence-corrected chi connectivity index (χ3v) is 6.74. The minimum absolute atomic E-state index is 0.0917. The lowest BCUT2D eigenvalue weighted by molar-refractivity contribution is -0.142. The maximum atomic E-state index is 12.9. The van der Waals surface area contributed by atoms with E-state index in [9.17, 15) is 9.59 Å². The Morgan fingerprint density at radius 2 is 1.87 bits per heavy atom. The van der Waals surface area contributed by atoms with Crippen molar-refractivity contribution in [3.63, 3.8) is 0 Å². The van der Waals surface area contributed by atoms with Gasteiger partial charge < -0.3 is 19.7 Å². The van der Waals surface area contributed by atoms with Crippen LogP contribution in [0.25, 0.3) is 0 Å². The van der Waals surface area contributed by atoms with Gasteiger partial charge in [0.15, 0.2) is 0 Å². The van der Waals surface area contributed by atoms with Crippen molar-refractivity contribution in [2.24, 2.45) is 5.92 Å². The summed E-state index contributed by atoms with van der Waals surface area (Å²) < 4.78 is 11.9. The molecule has 30 heavy (non-hydrogen) atoms. The second kappa shape index (κ2) is 8.96. The summed E-state index contributed by atoms with van der Waals surface area (Å²) in [5.74, 6) is 1.52. The van der Waals surface area contributed by atoms with Gasteiger partial charge in [-0.1, -0.05) is 18.2 Å². The lowest BCUT2D eigenvalue weighted by Gasteiger charge is -2.47. The first kappa shape index (κ1) is 21.2. The van der Waals surface area contributed by atoms with Crippen molar-refractivity contribution in [1.29, 1.82) is 0 Å². The molecule has 1 unspecified atom stereocenters. The first-order valence-corrected chi connectivity index (χ1v) is 11.4. The van der Waals surface area contributed by atoms with Crippen LogP contribution in [0.5, 0.6) is 5.75 Å². The number of para-hydroxylation sites is 1. The summed E-state index contributed by atoms with van der Waals surface area (Å²) in [5.41, 5.74) is 0.839. The largest absolute Gasteiger partial charge is 0.487 e. The van der Waals surface area contributed by atoms with Crippen molar-refractivity contribution < 1.29 is 19.1 Å². The highest BCUT2D eigenvalue weighted by atomic mass is 16.5. The Morgan fingerprint density at radius 3 is 2.57 bits per heavy atom. The fraction of sp³-hybridized carbons (Fsp3) is 0.667. The normalized spacial score (nSPS) is 23.7. The van der Waals surface area contributed by atoms with Crippen LogP contribution in [0.3, 0.4) is 0 Å². The monoisotopic (exact) mass is 414 g/mol. The van der Waals surface area contributed by atoms with Crippen molar-refractivity contribution in [2.45, 2.75) is 69.9 Å². The molecule has 164 valence electrons. The molecule has 3 aliphatic rings. The molecule has 0 bridgehead atoms.